The van der Waals surface area contributed by atoms with E-state index in [1.165, 1.54) is 25.7 Å². The van der Waals surface area contributed by atoms with Gasteiger partial charge >= 0.3 is 0 Å². The average molecular weight is 148 g/mol. The fourth-order valence-electron chi connectivity index (χ4n) is 2.82. The molecule has 0 radical (unpaired) electrons. The molecule has 0 bridgehead atoms. The van der Waals surface area contributed by atoms with E-state index >= 15 is 0 Å². The fraction of sp³-hybridized carbons (Fsp3) is 0.818. The second-order valence-corrected chi connectivity index (χ2v) is 4.72. The third kappa shape index (κ3) is 0.953. The molecule has 3 fully saturated rings. The number of allylic oxidation sites excluding steroid dienone is 2. The Hall–Kier alpha value is -0.260. The van der Waals surface area contributed by atoms with E-state index in [2.05, 4.69) is 6.08 Å². The normalized spacial score (nSPS) is 45.5. The van der Waals surface area contributed by atoms with Crippen molar-refractivity contribution in [1.29, 1.82) is 0 Å². The van der Waals surface area contributed by atoms with Crippen LogP contribution in [0, 0.1) is 11.3 Å². The third-order valence-electron chi connectivity index (χ3n) is 3.92. The van der Waals surface area contributed by atoms with Crippen LogP contribution in [0.2, 0.25) is 0 Å². The van der Waals surface area contributed by atoms with Gasteiger partial charge in [-0.05, 0) is 49.9 Å². The van der Waals surface area contributed by atoms with Crippen LogP contribution in [0.4, 0.5) is 0 Å². The van der Waals surface area contributed by atoms with E-state index in [1.807, 2.05) is 0 Å². The molecular weight excluding hydrogens is 132 g/mol. The van der Waals surface area contributed by atoms with Gasteiger partial charge in [-0.2, -0.15) is 0 Å². The lowest BCUT2D eigenvalue weighted by atomic mass is 9.99. The maximum atomic E-state index is 2.55. The lowest BCUT2D eigenvalue weighted by Crippen LogP contribution is -1.94. The van der Waals surface area contributed by atoms with Gasteiger partial charge in [0.25, 0.3) is 0 Å². The monoisotopic (exact) mass is 148 g/mol. The van der Waals surface area contributed by atoms with Crippen LogP contribution in [0.5, 0.6) is 0 Å². The summed E-state index contributed by atoms with van der Waals surface area (Å²) in [5.41, 5.74) is 2.60. The summed E-state index contributed by atoms with van der Waals surface area (Å²) in [7, 11) is 0. The van der Waals surface area contributed by atoms with E-state index in [0.29, 0.717) is 0 Å². The average Bonchev–Trinajstić information content (AvgIpc) is 2.90. The van der Waals surface area contributed by atoms with Gasteiger partial charge in [0.2, 0.25) is 0 Å². The van der Waals surface area contributed by atoms with Gasteiger partial charge in [-0.1, -0.05) is 18.1 Å². The Labute approximate surface area is 68.7 Å². The smallest absolute Gasteiger partial charge is 0.0232 e. The van der Waals surface area contributed by atoms with Gasteiger partial charge < -0.3 is 0 Å². The first-order chi connectivity index (χ1) is 5.39. The SMILES string of the molecule is C(CC12CCCC1C2)=C1CC1. The molecule has 0 nitrogen and oxygen atoms in total. The summed E-state index contributed by atoms with van der Waals surface area (Å²) < 4.78 is 0. The van der Waals surface area contributed by atoms with E-state index in [4.69, 9.17) is 0 Å². The van der Waals surface area contributed by atoms with Crippen LogP contribution in [0.25, 0.3) is 0 Å². The summed E-state index contributed by atoms with van der Waals surface area (Å²) in [6.45, 7) is 0. The van der Waals surface area contributed by atoms with Gasteiger partial charge in [-0.15, -0.1) is 0 Å². The highest BCUT2D eigenvalue weighted by Gasteiger charge is 2.55. The Balaban J connectivity index is 1.66. The van der Waals surface area contributed by atoms with Crippen LogP contribution in [-0.4, -0.2) is 0 Å². The van der Waals surface area contributed by atoms with Crippen molar-refractivity contribution >= 4 is 0 Å². The molecule has 0 heterocycles. The van der Waals surface area contributed by atoms with Crippen molar-refractivity contribution in [2.75, 3.05) is 0 Å². The minimum absolute atomic E-state index is 0.857. The second-order valence-electron chi connectivity index (χ2n) is 4.72. The van der Waals surface area contributed by atoms with Crippen molar-refractivity contribution in [3.8, 4) is 0 Å². The van der Waals surface area contributed by atoms with Crippen molar-refractivity contribution in [2.45, 2.75) is 44.9 Å². The van der Waals surface area contributed by atoms with Gasteiger partial charge in [0.1, 0.15) is 0 Å². The molecule has 2 unspecified atom stereocenters. The molecule has 0 aromatic rings. The first-order valence-electron chi connectivity index (χ1n) is 5.07. The van der Waals surface area contributed by atoms with Gasteiger partial charge in [0.15, 0.2) is 0 Å². The van der Waals surface area contributed by atoms with Crippen molar-refractivity contribution in [2.24, 2.45) is 11.3 Å². The molecule has 0 N–H and O–H groups in total. The Bertz CT molecular complexity index is 208. The standard InChI is InChI=1S/C11H16/c1-2-10-8-11(10,6-1)7-5-9-3-4-9/h5,10H,1-4,6-8H2. The van der Waals surface area contributed by atoms with Crippen LogP contribution in [-0.2, 0) is 0 Å². The van der Waals surface area contributed by atoms with E-state index in [9.17, 15) is 0 Å². The summed E-state index contributed by atoms with van der Waals surface area (Å²) in [4.78, 5) is 0. The number of hydrogen-bond donors (Lipinski definition) is 0. The van der Waals surface area contributed by atoms with Crippen molar-refractivity contribution < 1.29 is 0 Å². The van der Waals surface area contributed by atoms with E-state index in [0.717, 1.165) is 11.3 Å². The molecule has 0 aliphatic heterocycles. The second kappa shape index (κ2) is 1.91. The Morgan fingerprint density at radius 2 is 2.36 bits per heavy atom. The predicted molar refractivity (Wildman–Crippen MR) is 46.3 cm³/mol. The molecular formula is C11H16. The molecule has 0 heteroatoms. The van der Waals surface area contributed by atoms with Crippen molar-refractivity contribution in [3.05, 3.63) is 11.6 Å². The van der Waals surface area contributed by atoms with Crippen molar-refractivity contribution in [1.82, 2.24) is 0 Å². The molecule has 0 spiro atoms. The molecule has 3 rings (SSSR count). The molecule has 0 aromatic carbocycles. The maximum Gasteiger partial charge on any atom is -0.0232 e. The fourth-order valence-corrected chi connectivity index (χ4v) is 2.82. The molecule has 0 aromatic heterocycles. The zero-order valence-corrected chi connectivity index (χ0v) is 7.10. The highest BCUT2D eigenvalue weighted by Crippen LogP contribution is 2.66. The summed E-state index contributed by atoms with van der Waals surface area (Å²) in [5.74, 6) is 1.15. The van der Waals surface area contributed by atoms with Crippen LogP contribution < -0.4 is 0 Å². The minimum Gasteiger partial charge on any atom is -0.0847 e. The lowest BCUT2D eigenvalue weighted by molar-refractivity contribution is 0.495. The molecule has 11 heavy (non-hydrogen) atoms. The molecule has 3 aliphatic carbocycles. The van der Waals surface area contributed by atoms with Gasteiger partial charge in [0.05, 0.1) is 0 Å². The molecule has 60 valence electrons. The first kappa shape index (κ1) is 6.28. The van der Waals surface area contributed by atoms with Gasteiger partial charge in [-0.25, -0.2) is 0 Å². The van der Waals surface area contributed by atoms with Crippen LogP contribution in [0.1, 0.15) is 44.9 Å². The number of hydrogen-bond acceptors (Lipinski definition) is 0. The van der Waals surface area contributed by atoms with E-state index < -0.39 is 0 Å². The van der Waals surface area contributed by atoms with Crippen LogP contribution in [0.15, 0.2) is 11.6 Å². The molecule has 2 atom stereocenters. The van der Waals surface area contributed by atoms with Crippen LogP contribution >= 0.6 is 0 Å². The summed E-state index contributed by atoms with van der Waals surface area (Å²) >= 11 is 0. The molecule has 3 saturated carbocycles. The molecule has 0 amide bonds. The molecule has 0 saturated heterocycles. The lowest BCUT2D eigenvalue weighted by Gasteiger charge is -2.06. The highest BCUT2D eigenvalue weighted by molar-refractivity contribution is 5.19. The summed E-state index contributed by atoms with van der Waals surface area (Å²) in [5, 5.41) is 0. The minimum atomic E-state index is 0.857. The van der Waals surface area contributed by atoms with E-state index in [-0.39, 0.29) is 0 Å². The summed E-state index contributed by atoms with van der Waals surface area (Å²) in [6.07, 6.45) is 13.0. The number of rotatable bonds is 2. The highest BCUT2D eigenvalue weighted by atomic mass is 14.6. The predicted octanol–water partition coefficient (Wildman–Crippen LogP) is 3.29. The topological polar surface area (TPSA) is 0 Å². The number of fused-ring (bicyclic) bond motifs is 1. The van der Waals surface area contributed by atoms with Gasteiger partial charge in [0, 0.05) is 0 Å². The van der Waals surface area contributed by atoms with Gasteiger partial charge in [-0.3, -0.25) is 0 Å². The van der Waals surface area contributed by atoms with E-state index in [1.54, 1.807) is 24.8 Å². The largest absolute Gasteiger partial charge is 0.0847 e. The Kier molecular flexibility index (Phi) is 1.09. The maximum absolute atomic E-state index is 2.55. The first-order valence-corrected chi connectivity index (χ1v) is 5.07. The van der Waals surface area contributed by atoms with Crippen LogP contribution in [0.3, 0.4) is 0 Å². The Morgan fingerprint density at radius 1 is 1.45 bits per heavy atom. The van der Waals surface area contributed by atoms with Crippen molar-refractivity contribution in [3.63, 3.8) is 0 Å². The summed E-state index contributed by atoms with van der Waals surface area (Å²) in [6, 6.07) is 0. The third-order valence-corrected chi connectivity index (χ3v) is 3.92. The quantitative estimate of drug-likeness (QED) is 0.527. The molecule has 3 aliphatic rings. The Morgan fingerprint density at radius 3 is 2.91 bits per heavy atom. The zero-order chi connectivity index (χ0) is 7.31. The zero-order valence-electron chi connectivity index (χ0n) is 7.10.